The van der Waals surface area contributed by atoms with Crippen molar-refractivity contribution in [3.05, 3.63) is 50.4 Å². The highest BCUT2D eigenvalue weighted by molar-refractivity contribution is 7.11. The van der Waals surface area contributed by atoms with Gasteiger partial charge in [0.05, 0.1) is 10.7 Å². The van der Waals surface area contributed by atoms with Crippen molar-refractivity contribution >= 4 is 22.9 Å². The maximum absolute atomic E-state index is 6.21. The maximum Gasteiger partial charge on any atom is 0.0975 e. The minimum Gasteiger partial charge on any atom is -0.321 e. The largest absolute Gasteiger partial charge is 0.321 e. The Hall–Kier alpha value is -0.900. The van der Waals surface area contributed by atoms with Gasteiger partial charge in [-0.2, -0.15) is 0 Å². The van der Waals surface area contributed by atoms with E-state index in [0.29, 0.717) is 0 Å². The van der Waals surface area contributed by atoms with E-state index in [0.717, 1.165) is 28.6 Å². The van der Waals surface area contributed by atoms with E-state index in [-0.39, 0.29) is 5.54 Å². The van der Waals surface area contributed by atoms with E-state index in [2.05, 4.69) is 13.0 Å². The van der Waals surface area contributed by atoms with Crippen LogP contribution in [0.2, 0.25) is 5.02 Å². The molecule has 2 nitrogen and oxygen atoms in total. The molecular formula is C15H19ClN2S. The molecule has 4 heteroatoms. The minimum atomic E-state index is -0.324. The first kappa shape index (κ1) is 14.5. The molecule has 0 bridgehead atoms. The third-order valence-electron chi connectivity index (χ3n) is 2.91. The molecule has 0 fully saturated rings. The minimum absolute atomic E-state index is 0.324. The molecule has 0 atom stereocenters. The number of aryl methyl sites for hydroxylation is 1. The first-order valence-corrected chi connectivity index (χ1v) is 7.62. The molecule has 0 aliphatic carbocycles. The number of halogens is 1. The molecule has 2 rings (SSSR count). The smallest absolute Gasteiger partial charge is 0.0975 e. The third-order valence-corrected chi connectivity index (χ3v) is 4.58. The van der Waals surface area contributed by atoms with Crippen molar-refractivity contribution in [3.8, 4) is 0 Å². The number of hydrogen-bond donors (Lipinski definition) is 1. The zero-order valence-corrected chi connectivity index (χ0v) is 13.1. The molecule has 0 unspecified atom stereocenters. The van der Waals surface area contributed by atoms with Crippen molar-refractivity contribution in [1.29, 1.82) is 0 Å². The van der Waals surface area contributed by atoms with E-state index >= 15 is 0 Å². The summed E-state index contributed by atoms with van der Waals surface area (Å²) in [5.74, 6) is 0. The summed E-state index contributed by atoms with van der Waals surface area (Å²) < 4.78 is 0. The van der Waals surface area contributed by atoms with E-state index < -0.39 is 0 Å². The van der Waals surface area contributed by atoms with Gasteiger partial charge in [-0.1, -0.05) is 30.7 Å². The summed E-state index contributed by atoms with van der Waals surface area (Å²) in [7, 11) is 0. The van der Waals surface area contributed by atoms with Crippen molar-refractivity contribution in [1.82, 2.24) is 4.98 Å². The lowest BCUT2D eigenvalue weighted by molar-refractivity contribution is 0.559. The van der Waals surface area contributed by atoms with Gasteiger partial charge < -0.3 is 5.73 Å². The summed E-state index contributed by atoms with van der Waals surface area (Å²) in [6, 6.07) is 7.92. The van der Waals surface area contributed by atoms with Crippen molar-refractivity contribution in [3.63, 3.8) is 0 Å². The Kier molecular flexibility index (Phi) is 4.29. The van der Waals surface area contributed by atoms with Crippen molar-refractivity contribution in [2.45, 2.75) is 39.2 Å². The summed E-state index contributed by atoms with van der Waals surface area (Å²) in [6.07, 6.45) is 1.73. The van der Waals surface area contributed by atoms with Gasteiger partial charge in [0.2, 0.25) is 0 Å². The normalized spacial score (nSPS) is 11.8. The summed E-state index contributed by atoms with van der Waals surface area (Å²) in [5, 5.41) is 1.87. The van der Waals surface area contributed by atoms with Crippen LogP contribution in [0.25, 0.3) is 0 Å². The molecule has 102 valence electrons. The van der Waals surface area contributed by atoms with E-state index in [9.17, 15) is 0 Å². The standard InChI is InChI=1S/C15H19ClN2S/c1-4-12-14(15(2,3)17)19-13(18-12)9-10-6-5-7-11(16)8-10/h5-8H,4,9,17H2,1-3H3. The van der Waals surface area contributed by atoms with Crippen molar-refractivity contribution in [2.75, 3.05) is 0 Å². The van der Waals surface area contributed by atoms with E-state index in [1.807, 2.05) is 32.0 Å². The molecule has 1 aromatic heterocycles. The fraction of sp³-hybridized carbons (Fsp3) is 0.400. The molecule has 0 amide bonds. The molecule has 19 heavy (non-hydrogen) atoms. The Morgan fingerprint density at radius 1 is 1.37 bits per heavy atom. The molecule has 1 aromatic carbocycles. The zero-order chi connectivity index (χ0) is 14.0. The molecule has 0 saturated heterocycles. The molecule has 2 aromatic rings. The summed E-state index contributed by atoms with van der Waals surface area (Å²) in [6.45, 7) is 6.18. The molecule has 2 N–H and O–H groups in total. The van der Waals surface area contributed by atoms with Crippen LogP contribution in [0.1, 0.15) is 41.9 Å². The number of nitrogens with zero attached hydrogens (tertiary/aromatic N) is 1. The topological polar surface area (TPSA) is 38.9 Å². The second kappa shape index (κ2) is 5.61. The average molecular weight is 295 g/mol. The van der Waals surface area contributed by atoms with Crippen LogP contribution >= 0.6 is 22.9 Å². The van der Waals surface area contributed by atoms with Crippen LogP contribution in [0.5, 0.6) is 0 Å². The lowest BCUT2D eigenvalue weighted by atomic mass is 10.0. The van der Waals surface area contributed by atoms with Gasteiger partial charge in [-0.3, -0.25) is 0 Å². The van der Waals surface area contributed by atoms with Gasteiger partial charge in [-0.05, 0) is 38.0 Å². The van der Waals surface area contributed by atoms with Crippen LogP contribution in [-0.4, -0.2) is 4.98 Å². The van der Waals surface area contributed by atoms with Crippen LogP contribution in [0.4, 0.5) is 0 Å². The molecule has 0 aliphatic heterocycles. The van der Waals surface area contributed by atoms with Gasteiger partial charge >= 0.3 is 0 Å². The van der Waals surface area contributed by atoms with Crippen LogP contribution in [0.3, 0.4) is 0 Å². The summed E-state index contributed by atoms with van der Waals surface area (Å²) >= 11 is 7.72. The third kappa shape index (κ3) is 3.56. The first-order valence-electron chi connectivity index (χ1n) is 6.42. The highest BCUT2D eigenvalue weighted by atomic mass is 35.5. The Morgan fingerprint density at radius 2 is 2.11 bits per heavy atom. The second-order valence-corrected chi connectivity index (χ2v) is 6.79. The number of aromatic nitrogens is 1. The summed E-state index contributed by atoms with van der Waals surface area (Å²) in [5.41, 5.74) is 8.19. The van der Waals surface area contributed by atoms with Gasteiger partial charge in [0.1, 0.15) is 0 Å². The highest BCUT2D eigenvalue weighted by Crippen LogP contribution is 2.30. The SMILES string of the molecule is CCc1nc(Cc2cccc(Cl)c2)sc1C(C)(C)N. The van der Waals surface area contributed by atoms with Crippen molar-refractivity contribution in [2.24, 2.45) is 5.73 Å². The molecule has 0 radical (unpaired) electrons. The lowest BCUT2D eigenvalue weighted by Crippen LogP contribution is -2.28. The van der Waals surface area contributed by atoms with Crippen LogP contribution < -0.4 is 5.73 Å². The van der Waals surface area contributed by atoms with Gasteiger partial charge in [0.25, 0.3) is 0 Å². The van der Waals surface area contributed by atoms with E-state index in [4.69, 9.17) is 22.3 Å². The molecule has 0 spiro atoms. The Balaban J connectivity index is 2.29. The monoisotopic (exact) mass is 294 g/mol. The first-order chi connectivity index (χ1) is 8.90. The second-order valence-electron chi connectivity index (χ2n) is 5.27. The lowest BCUT2D eigenvalue weighted by Gasteiger charge is -2.17. The van der Waals surface area contributed by atoms with E-state index in [1.165, 1.54) is 10.4 Å². The highest BCUT2D eigenvalue weighted by Gasteiger charge is 2.22. The number of benzene rings is 1. The maximum atomic E-state index is 6.21. The predicted molar refractivity (Wildman–Crippen MR) is 83.0 cm³/mol. The number of hydrogen-bond acceptors (Lipinski definition) is 3. The quantitative estimate of drug-likeness (QED) is 0.920. The summed E-state index contributed by atoms with van der Waals surface area (Å²) in [4.78, 5) is 5.90. The van der Waals surface area contributed by atoms with Gasteiger partial charge in [-0.25, -0.2) is 4.98 Å². The van der Waals surface area contributed by atoms with Crippen LogP contribution in [0.15, 0.2) is 24.3 Å². The van der Waals surface area contributed by atoms with Crippen LogP contribution in [-0.2, 0) is 18.4 Å². The predicted octanol–water partition coefficient (Wildman–Crippen LogP) is 4.14. The Bertz CT molecular complexity index is 570. The zero-order valence-electron chi connectivity index (χ0n) is 11.5. The Labute approximate surface area is 123 Å². The fourth-order valence-corrected chi connectivity index (χ4v) is 3.46. The molecule has 1 heterocycles. The van der Waals surface area contributed by atoms with Gasteiger partial charge in [0, 0.05) is 21.9 Å². The number of thiazole rings is 1. The fourth-order valence-electron chi connectivity index (χ4n) is 2.04. The molecule has 0 saturated carbocycles. The van der Waals surface area contributed by atoms with Gasteiger partial charge in [0.15, 0.2) is 0 Å². The number of nitrogens with two attached hydrogens (primary N) is 1. The molecule has 0 aliphatic rings. The average Bonchev–Trinajstić information content (AvgIpc) is 2.72. The molecular weight excluding hydrogens is 276 g/mol. The Morgan fingerprint density at radius 3 is 2.63 bits per heavy atom. The van der Waals surface area contributed by atoms with Crippen molar-refractivity contribution < 1.29 is 0 Å². The van der Waals surface area contributed by atoms with E-state index in [1.54, 1.807) is 11.3 Å². The number of rotatable bonds is 4. The van der Waals surface area contributed by atoms with Crippen LogP contribution in [0, 0.1) is 0 Å². The van der Waals surface area contributed by atoms with Gasteiger partial charge in [-0.15, -0.1) is 11.3 Å².